The number of methoxy groups -OCH3 is 1. The lowest BCUT2D eigenvalue weighted by molar-refractivity contribution is -0.145. The maximum absolute atomic E-state index is 12.2. The molecular weight excluding hydrogens is 248 g/mol. The minimum atomic E-state index is -0.663. The van der Waals surface area contributed by atoms with E-state index in [9.17, 15) is 14.7 Å². The van der Waals surface area contributed by atoms with Gasteiger partial charge in [0, 0.05) is 19.0 Å². The van der Waals surface area contributed by atoms with Gasteiger partial charge in [-0.15, -0.1) is 0 Å². The van der Waals surface area contributed by atoms with E-state index in [-0.39, 0.29) is 25.0 Å². The fourth-order valence-corrected chi connectivity index (χ4v) is 2.90. The molecule has 1 aliphatic heterocycles. The van der Waals surface area contributed by atoms with Crippen LogP contribution in [-0.4, -0.2) is 53.8 Å². The van der Waals surface area contributed by atoms with E-state index in [0.29, 0.717) is 0 Å². The number of aliphatic hydroxyl groups excluding tert-OH is 1. The largest absolute Gasteiger partial charge is 0.467 e. The highest BCUT2D eigenvalue weighted by Gasteiger charge is 2.40. The van der Waals surface area contributed by atoms with Crippen molar-refractivity contribution in [3.8, 4) is 0 Å². The zero-order valence-corrected chi connectivity index (χ0v) is 11.3. The van der Waals surface area contributed by atoms with E-state index in [1.54, 1.807) is 0 Å². The van der Waals surface area contributed by atoms with Gasteiger partial charge in [0.2, 0.25) is 0 Å². The van der Waals surface area contributed by atoms with Gasteiger partial charge in [0.15, 0.2) is 0 Å². The third-order valence-electron chi connectivity index (χ3n) is 3.95. The molecule has 2 rings (SSSR count). The number of β-amino-alcohol motifs (C(OH)–C–C–N with tert-alkyl or cyclic N) is 1. The molecule has 0 unspecified atom stereocenters. The number of likely N-dealkylation sites (tertiary alicyclic amines) is 1. The molecule has 108 valence electrons. The Kier molecular flexibility index (Phi) is 4.63. The normalized spacial score (nSPS) is 28.2. The Morgan fingerprint density at radius 1 is 1.26 bits per heavy atom. The molecule has 1 saturated carbocycles. The van der Waals surface area contributed by atoms with E-state index < -0.39 is 18.1 Å². The predicted molar refractivity (Wildman–Crippen MR) is 68.5 cm³/mol. The van der Waals surface area contributed by atoms with Gasteiger partial charge < -0.3 is 20.1 Å². The summed E-state index contributed by atoms with van der Waals surface area (Å²) in [5, 5.41) is 12.6. The summed E-state index contributed by atoms with van der Waals surface area (Å²) < 4.78 is 4.68. The number of hydrogen-bond acceptors (Lipinski definition) is 4. The smallest absolute Gasteiger partial charge is 0.328 e. The lowest BCUT2D eigenvalue weighted by atomic mass is 9.96. The van der Waals surface area contributed by atoms with Gasteiger partial charge in [-0.25, -0.2) is 9.59 Å². The number of carbonyl (C=O) groups is 2. The molecule has 2 amide bonds. The van der Waals surface area contributed by atoms with Crippen molar-refractivity contribution in [3.05, 3.63) is 0 Å². The van der Waals surface area contributed by atoms with Crippen LogP contribution in [0.25, 0.3) is 0 Å². The van der Waals surface area contributed by atoms with Crippen molar-refractivity contribution < 1.29 is 19.4 Å². The molecule has 0 aromatic heterocycles. The molecule has 6 heteroatoms. The number of urea groups is 1. The Labute approximate surface area is 113 Å². The second-order valence-electron chi connectivity index (χ2n) is 5.37. The first-order valence-electron chi connectivity index (χ1n) is 6.95. The van der Waals surface area contributed by atoms with Crippen LogP contribution < -0.4 is 5.32 Å². The zero-order valence-electron chi connectivity index (χ0n) is 11.3. The van der Waals surface area contributed by atoms with Crippen LogP contribution in [0.4, 0.5) is 4.79 Å². The lowest BCUT2D eigenvalue weighted by Crippen LogP contribution is -2.49. The van der Waals surface area contributed by atoms with Gasteiger partial charge in [-0.05, 0) is 12.8 Å². The van der Waals surface area contributed by atoms with Gasteiger partial charge in [0.05, 0.1) is 13.2 Å². The summed E-state index contributed by atoms with van der Waals surface area (Å²) in [7, 11) is 1.30. The van der Waals surface area contributed by atoms with Crippen LogP contribution >= 0.6 is 0 Å². The van der Waals surface area contributed by atoms with Gasteiger partial charge in [-0.3, -0.25) is 0 Å². The van der Waals surface area contributed by atoms with Crippen molar-refractivity contribution in [2.75, 3.05) is 13.7 Å². The summed E-state index contributed by atoms with van der Waals surface area (Å²) in [5.74, 6) is -0.463. The highest BCUT2D eigenvalue weighted by atomic mass is 16.5. The first-order valence-corrected chi connectivity index (χ1v) is 6.95. The fraction of sp³-hybridized carbons (Fsp3) is 0.846. The van der Waals surface area contributed by atoms with Crippen molar-refractivity contribution in [3.63, 3.8) is 0 Å². The zero-order chi connectivity index (χ0) is 13.8. The maximum atomic E-state index is 12.2. The topological polar surface area (TPSA) is 78.9 Å². The quantitative estimate of drug-likeness (QED) is 0.722. The summed E-state index contributed by atoms with van der Waals surface area (Å²) in [6.45, 7) is 0.193. The van der Waals surface area contributed by atoms with E-state index in [4.69, 9.17) is 0 Å². The number of nitrogens with zero attached hydrogens (tertiary/aromatic N) is 1. The van der Waals surface area contributed by atoms with E-state index in [1.165, 1.54) is 18.4 Å². The number of esters is 1. The molecule has 2 N–H and O–H groups in total. The van der Waals surface area contributed by atoms with Gasteiger partial charge in [-0.2, -0.15) is 0 Å². The standard InChI is InChI=1S/C13H22N2O4/c1-19-12(17)11-7-10(16)8-15(11)13(18)14-9-5-3-2-4-6-9/h9-11,16H,2-8H2,1H3,(H,14,18)/t10-,11-/m1/s1. The minimum absolute atomic E-state index is 0.192. The van der Waals surface area contributed by atoms with Crippen molar-refractivity contribution in [2.24, 2.45) is 0 Å². The molecule has 1 heterocycles. The highest BCUT2D eigenvalue weighted by molar-refractivity contribution is 5.84. The first kappa shape index (κ1) is 14.1. The van der Waals surface area contributed by atoms with E-state index in [1.807, 2.05) is 0 Å². The highest BCUT2D eigenvalue weighted by Crippen LogP contribution is 2.21. The van der Waals surface area contributed by atoms with Crippen molar-refractivity contribution in [1.29, 1.82) is 0 Å². The van der Waals surface area contributed by atoms with Crippen LogP contribution in [-0.2, 0) is 9.53 Å². The number of amides is 2. The Bertz CT molecular complexity index is 342. The lowest BCUT2D eigenvalue weighted by Gasteiger charge is -2.28. The minimum Gasteiger partial charge on any atom is -0.467 e. The van der Waals surface area contributed by atoms with E-state index in [2.05, 4.69) is 10.1 Å². The number of carbonyl (C=O) groups excluding carboxylic acids is 2. The molecule has 2 aliphatic rings. The molecule has 6 nitrogen and oxygen atoms in total. The molecule has 0 spiro atoms. The SMILES string of the molecule is COC(=O)[C@H]1C[C@@H](O)CN1C(=O)NC1CCCCC1. The van der Waals surface area contributed by atoms with Crippen LogP contribution in [0.3, 0.4) is 0 Å². The monoisotopic (exact) mass is 270 g/mol. The predicted octanol–water partition coefficient (Wildman–Crippen LogP) is 0.637. The molecule has 1 aliphatic carbocycles. The molecule has 0 bridgehead atoms. The Balaban J connectivity index is 1.94. The number of aliphatic hydroxyl groups is 1. The van der Waals surface area contributed by atoms with Crippen LogP contribution in [0.1, 0.15) is 38.5 Å². The molecule has 2 atom stereocenters. The van der Waals surface area contributed by atoms with Crippen LogP contribution in [0, 0.1) is 0 Å². The summed E-state index contributed by atoms with van der Waals surface area (Å²) in [4.78, 5) is 25.2. The molecule has 0 radical (unpaired) electrons. The van der Waals surface area contributed by atoms with Gasteiger partial charge >= 0.3 is 12.0 Å². The average molecular weight is 270 g/mol. The van der Waals surface area contributed by atoms with Crippen molar-refractivity contribution >= 4 is 12.0 Å². The Morgan fingerprint density at radius 3 is 2.58 bits per heavy atom. The van der Waals surface area contributed by atoms with Crippen molar-refractivity contribution in [1.82, 2.24) is 10.2 Å². The third-order valence-corrected chi connectivity index (χ3v) is 3.95. The molecule has 2 fully saturated rings. The second kappa shape index (κ2) is 6.23. The van der Waals surface area contributed by atoms with Gasteiger partial charge in [-0.1, -0.05) is 19.3 Å². The van der Waals surface area contributed by atoms with E-state index >= 15 is 0 Å². The maximum Gasteiger partial charge on any atom is 0.328 e. The third kappa shape index (κ3) is 3.37. The fourth-order valence-electron chi connectivity index (χ4n) is 2.90. The molecular formula is C13H22N2O4. The van der Waals surface area contributed by atoms with Crippen LogP contribution in [0.5, 0.6) is 0 Å². The summed E-state index contributed by atoms with van der Waals surface area (Å²) >= 11 is 0. The second-order valence-corrected chi connectivity index (χ2v) is 5.37. The number of nitrogens with one attached hydrogen (secondary N) is 1. The van der Waals surface area contributed by atoms with Crippen LogP contribution in [0.15, 0.2) is 0 Å². The van der Waals surface area contributed by atoms with Gasteiger partial charge in [0.1, 0.15) is 6.04 Å². The number of rotatable bonds is 2. The first-order chi connectivity index (χ1) is 9.11. The number of hydrogen-bond donors (Lipinski definition) is 2. The Morgan fingerprint density at radius 2 is 1.95 bits per heavy atom. The van der Waals surface area contributed by atoms with E-state index in [0.717, 1.165) is 25.7 Å². The Hall–Kier alpha value is -1.30. The molecule has 19 heavy (non-hydrogen) atoms. The molecule has 0 aromatic carbocycles. The van der Waals surface area contributed by atoms with Gasteiger partial charge in [0.25, 0.3) is 0 Å². The van der Waals surface area contributed by atoms with Crippen molar-refractivity contribution in [2.45, 2.75) is 56.7 Å². The summed E-state index contributed by atoms with van der Waals surface area (Å²) in [5.41, 5.74) is 0. The molecule has 1 saturated heterocycles. The average Bonchev–Trinajstić information content (AvgIpc) is 2.81. The number of ether oxygens (including phenoxy) is 1. The van der Waals surface area contributed by atoms with Crippen LogP contribution in [0.2, 0.25) is 0 Å². The summed E-state index contributed by atoms with van der Waals surface area (Å²) in [6.07, 6.45) is 5.07. The molecule has 0 aromatic rings. The summed E-state index contributed by atoms with van der Waals surface area (Å²) in [6, 6.07) is -0.736.